The Labute approximate surface area is 117 Å². The zero-order valence-corrected chi connectivity index (χ0v) is 11.5. The monoisotopic (exact) mass is 281 g/mol. The average Bonchev–Trinajstić information content (AvgIpc) is 2.76. The first-order valence-corrected chi connectivity index (χ1v) is 6.55. The molecule has 4 nitrogen and oxygen atoms in total. The smallest absolute Gasteiger partial charge is 0.311 e. The lowest BCUT2D eigenvalue weighted by Crippen LogP contribution is -2.35. The molecular weight excluding hydrogens is 266 g/mol. The number of amides is 1. The Balaban J connectivity index is 2.03. The molecule has 1 N–H and O–H groups in total. The molecule has 1 unspecified atom stereocenters. The summed E-state index contributed by atoms with van der Waals surface area (Å²) >= 11 is 6.02. The molecule has 2 rings (SSSR count). The summed E-state index contributed by atoms with van der Waals surface area (Å²) in [7, 11) is 0. The molecule has 102 valence electrons. The van der Waals surface area contributed by atoms with Gasteiger partial charge in [-0.15, -0.1) is 0 Å². The average molecular weight is 282 g/mol. The molecule has 1 aliphatic rings. The van der Waals surface area contributed by atoms with Crippen molar-refractivity contribution in [1.82, 2.24) is 4.90 Å². The molecule has 1 atom stereocenters. The highest BCUT2D eigenvalue weighted by Crippen LogP contribution is 2.30. The fourth-order valence-electron chi connectivity index (χ4n) is 2.27. The van der Waals surface area contributed by atoms with E-state index in [9.17, 15) is 9.59 Å². The first-order chi connectivity index (χ1) is 8.92. The topological polar surface area (TPSA) is 57.6 Å². The minimum atomic E-state index is -0.847. The molecule has 1 amide bonds. The van der Waals surface area contributed by atoms with E-state index < -0.39 is 11.4 Å². The van der Waals surface area contributed by atoms with Gasteiger partial charge < -0.3 is 10.0 Å². The van der Waals surface area contributed by atoms with Gasteiger partial charge in [0.05, 0.1) is 11.8 Å². The Morgan fingerprint density at radius 3 is 2.68 bits per heavy atom. The number of carbonyl (C=O) groups is 2. The van der Waals surface area contributed by atoms with Crippen LogP contribution < -0.4 is 0 Å². The van der Waals surface area contributed by atoms with Crippen LogP contribution in [0.3, 0.4) is 0 Å². The highest BCUT2D eigenvalue weighted by atomic mass is 35.5. The van der Waals surface area contributed by atoms with Gasteiger partial charge in [-0.1, -0.05) is 29.8 Å². The first kappa shape index (κ1) is 13.9. The van der Waals surface area contributed by atoms with Gasteiger partial charge in [-0.2, -0.15) is 0 Å². The van der Waals surface area contributed by atoms with Crippen LogP contribution in [0, 0.1) is 5.41 Å². The molecule has 19 heavy (non-hydrogen) atoms. The van der Waals surface area contributed by atoms with E-state index in [1.165, 1.54) is 0 Å². The van der Waals surface area contributed by atoms with Crippen molar-refractivity contribution in [3.8, 4) is 0 Å². The Morgan fingerprint density at radius 1 is 1.42 bits per heavy atom. The summed E-state index contributed by atoms with van der Waals surface area (Å²) in [6.45, 7) is 2.44. The van der Waals surface area contributed by atoms with Crippen LogP contribution in [0.15, 0.2) is 24.3 Å². The maximum absolute atomic E-state index is 12.2. The van der Waals surface area contributed by atoms with E-state index in [1.807, 2.05) is 18.2 Å². The predicted molar refractivity (Wildman–Crippen MR) is 72.1 cm³/mol. The maximum Gasteiger partial charge on any atom is 0.311 e. The largest absolute Gasteiger partial charge is 0.481 e. The summed E-state index contributed by atoms with van der Waals surface area (Å²) in [4.78, 5) is 24.9. The van der Waals surface area contributed by atoms with Crippen molar-refractivity contribution >= 4 is 23.5 Å². The Morgan fingerprint density at radius 2 is 2.11 bits per heavy atom. The normalized spacial score (nSPS) is 22.5. The zero-order valence-electron chi connectivity index (χ0n) is 10.7. The van der Waals surface area contributed by atoms with Gasteiger partial charge in [0.25, 0.3) is 0 Å². The van der Waals surface area contributed by atoms with E-state index >= 15 is 0 Å². The van der Waals surface area contributed by atoms with Gasteiger partial charge in [0.15, 0.2) is 0 Å². The van der Waals surface area contributed by atoms with Crippen molar-refractivity contribution in [3.63, 3.8) is 0 Å². The molecule has 0 aliphatic carbocycles. The summed E-state index contributed by atoms with van der Waals surface area (Å²) < 4.78 is 0. The third-order valence-corrected chi connectivity index (χ3v) is 4.01. The molecule has 0 spiro atoms. The summed E-state index contributed by atoms with van der Waals surface area (Å²) in [6.07, 6.45) is 0.714. The number of hydrogen-bond acceptors (Lipinski definition) is 2. The van der Waals surface area contributed by atoms with Crippen molar-refractivity contribution < 1.29 is 14.7 Å². The lowest BCUT2D eigenvalue weighted by molar-refractivity contribution is -0.147. The van der Waals surface area contributed by atoms with Gasteiger partial charge in [-0.3, -0.25) is 9.59 Å². The quantitative estimate of drug-likeness (QED) is 0.924. The van der Waals surface area contributed by atoms with E-state index in [1.54, 1.807) is 17.9 Å². The second-order valence-electron chi connectivity index (χ2n) is 5.20. The van der Waals surface area contributed by atoms with Crippen molar-refractivity contribution in [3.05, 3.63) is 34.9 Å². The fraction of sp³-hybridized carbons (Fsp3) is 0.429. The van der Waals surface area contributed by atoms with E-state index in [0.717, 1.165) is 5.56 Å². The third-order valence-electron chi connectivity index (χ3n) is 3.64. The molecule has 5 heteroatoms. The summed E-state index contributed by atoms with van der Waals surface area (Å²) in [5.74, 6) is -0.918. The summed E-state index contributed by atoms with van der Waals surface area (Å²) in [5.41, 5.74) is -0.0473. The Hall–Kier alpha value is -1.55. The first-order valence-electron chi connectivity index (χ1n) is 6.17. The van der Waals surface area contributed by atoms with Gasteiger partial charge in [0.1, 0.15) is 0 Å². The highest BCUT2D eigenvalue weighted by molar-refractivity contribution is 6.31. The van der Waals surface area contributed by atoms with Gasteiger partial charge in [0.2, 0.25) is 5.91 Å². The number of carboxylic acids is 1. The maximum atomic E-state index is 12.2. The van der Waals surface area contributed by atoms with Crippen LogP contribution in [0.1, 0.15) is 18.9 Å². The molecule has 0 radical (unpaired) electrons. The van der Waals surface area contributed by atoms with E-state index in [2.05, 4.69) is 0 Å². The van der Waals surface area contributed by atoms with Crippen LogP contribution in [-0.2, 0) is 16.0 Å². The molecule has 0 saturated carbocycles. The standard InChI is InChI=1S/C14H16ClNO3/c1-14(13(18)19)6-7-16(9-14)12(17)8-10-4-2-3-5-11(10)15/h2-5H,6-9H2,1H3,(H,18,19). The molecule has 0 aromatic heterocycles. The number of rotatable bonds is 3. The van der Waals surface area contributed by atoms with Crippen LogP contribution in [0.2, 0.25) is 5.02 Å². The number of carbonyl (C=O) groups excluding carboxylic acids is 1. The number of hydrogen-bond donors (Lipinski definition) is 1. The van der Waals surface area contributed by atoms with Crippen molar-refractivity contribution in [2.45, 2.75) is 19.8 Å². The zero-order chi connectivity index (χ0) is 14.0. The number of halogens is 1. The second-order valence-corrected chi connectivity index (χ2v) is 5.61. The lowest BCUT2D eigenvalue weighted by atomic mass is 9.90. The van der Waals surface area contributed by atoms with Crippen LogP contribution in [0.4, 0.5) is 0 Å². The molecule has 1 aromatic carbocycles. The van der Waals surface area contributed by atoms with E-state index in [-0.39, 0.29) is 18.9 Å². The molecule has 1 saturated heterocycles. The van der Waals surface area contributed by atoms with Crippen LogP contribution in [0.5, 0.6) is 0 Å². The van der Waals surface area contributed by atoms with Gasteiger partial charge in [0, 0.05) is 18.1 Å². The van der Waals surface area contributed by atoms with Crippen molar-refractivity contribution in [2.75, 3.05) is 13.1 Å². The minimum absolute atomic E-state index is 0.0712. The Bertz CT molecular complexity index is 517. The SMILES string of the molecule is CC1(C(=O)O)CCN(C(=O)Cc2ccccc2Cl)C1. The number of likely N-dealkylation sites (tertiary alicyclic amines) is 1. The van der Waals surface area contributed by atoms with Crippen molar-refractivity contribution in [1.29, 1.82) is 0 Å². The molecule has 0 bridgehead atoms. The van der Waals surface area contributed by atoms with Crippen LogP contribution in [0.25, 0.3) is 0 Å². The Kier molecular flexibility index (Phi) is 3.80. The number of benzene rings is 1. The van der Waals surface area contributed by atoms with Crippen molar-refractivity contribution in [2.24, 2.45) is 5.41 Å². The number of nitrogens with zero attached hydrogens (tertiary/aromatic N) is 1. The van der Waals surface area contributed by atoms with Gasteiger partial charge in [-0.05, 0) is 25.0 Å². The van der Waals surface area contributed by atoms with E-state index in [0.29, 0.717) is 18.0 Å². The fourth-order valence-corrected chi connectivity index (χ4v) is 2.47. The number of carboxylic acid groups (broad SMARTS) is 1. The second kappa shape index (κ2) is 5.21. The van der Waals surface area contributed by atoms with Gasteiger partial charge >= 0.3 is 5.97 Å². The highest BCUT2D eigenvalue weighted by Gasteiger charge is 2.41. The number of aliphatic carboxylic acids is 1. The third kappa shape index (κ3) is 2.89. The molecular formula is C14H16ClNO3. The van der Waals surface area contributed by atoms with Crippen LogP contribution >= 0.6 is 11.6 Å². The summed E-state index contributed by atoms with van der Waals surface area (Å²) in [6, 6.07) is 7.20. The van der Waals surface area contributed by atoms with Crippen LogP contribution in [-0.4, -0.2) is 35.0 Å². The molecule has 1 heterocycles. The van der Waals surface area contributed by atoms with Gasteiger partial charge in [-0.25, -0.2) is 0 Å². The molecule has 1 aliphatic heterocycles. The molecule has 1 aromatic rings. The lowest BCUT2D eigenvalue weighted by Gasteiger charge is -2.20. The molecule has 1 fully saturated rings. The predicted octanol–water partition coefficient (Wildman–Crippen LogP) is 2.21. The van der Waals surface area contributed by atoms with E-state index in [4.69, 9.17) is 16.7 Å². The minimum Gasteiger partial charge on any atom is -0.481 e. The summed E-state index contributed by atoms with van der Waals surface area (Å²) in [5, 5.41) is 9.71.